The summed E-state index contributed by atoms with van der Waals surface area (Å²) >= 11 is 5.82. The lowest BCUT2D eigenvalue weighted by atomic mass is 10.0. The molecule has 28 heteroatoms. The monoisotopic (exact) mass is 1250 g/mol. The van der Waals surface area contributed by atoms with Crippen molar-refractivity contribution in [2.45, 2.75) is 79.4 Å². The smallest absolute Gasteiger partial charge is 0.213 e. The van der Waals surface area contributed by atoms with Crippen molar-refractivity contribution < 1.29 is 45.3 Å². The number of halogens is 1. The summed E-state index contributed by atoms with van der Waals surface area (Å²) in [7, 11) is -1.24. The number of para-hydroxylation sites is 2. The number of pyridine rings is 2. The Kier molecular flexibility index (Phi) is 22.5. The second kappa shape index (κ2) is 29.3. The second-order valence-electron chi connectivity index (χ2n) is 20.1. The lowest BCUT2D eigenvalue weighted by Gasteiger charge is -2.16. The number of nitrogen functional groups attached to an aromatic ring is 1. The standard InChI is InChI=1S/C26H24ClN7O5S.C26H26N8O5S.C5H12.2CH4/c2*1-4-39-23-10-5-7-18(30-23)26-31-25-19(34(26)24-20(37-2)8-6-9-21(24)38-3)11-17(32-33-25)14-40(35,36)15-22-28-12-16(27)13-29-22;1-5(2,3)4;;/h5-13H,4,14-15H2,1-3H3;5-13H,4,14-15,27H2,1-3H3;1-4H3;2*1H4. The molecule has 0 aliphatic heterocycles. The number of methoxy groups -OCH3 is 4. The first kappa shape index (κ1) is 66.9. The zero-order valence-corrected chi connectivity index (χ0v) is 50.6. The summed E-state index contributed by atoms with van der Waals surface area (Å²) in [6.07, 6.45) is 5.42. The second-order valence-corrected chi connectivity index (χ2v) is 24.6. The van der Waals surface area contributed by atoms with E-state index in [0.29, 0.717) is 110 Å². The highest BCUT2D eigenvalue weighted by Crippen LogP contribution is 2.40. The quantitative estimate of drug-likeness (QED) is 0.0741. The van der Waals surface area contributed by atoms with E-state index in [0.717, 1.165) is 0 Å². The highest BCUT2D eigenvalue weighted by atomic mass is 35.5. The molecule has 2 aromatic carbocycles. The fraction of sp³-hybridized carbons (Fsp3) is 0.322. The van der Waals surface area contributed by atoms with Gasteiger partial charge in [-0.25, -0.2) is 56.7 Å². The van der Waals surface area contributed by atoms with Crippen LogP contribution in [0.3, 0.4) is 0 Å². The third-order valence-corrected chi connectivity index (χ3v) is 14.6. The van der Waals surface area contributed by atoms with Crippen molar-refractivity contribution in [2.24, 2.45) is 5.41 Å². The van der Waals surface area contributed by atoms with Gasteiger partial charge in [-0.05, 0) is 67.8 Å². The molecule has 10 aromatic rings. The number of fused-ring (bicyclic) bond motifs is 2. The molecule has 0 amide bonds. The normalized spacial score (nSPS) is 11.3. The van der Waals surface area contributed by atoms with E-state index >= 15 is 0 Å². The van der Waals surface area contributed by atoms with Crippen molar-refractivity contribution in [3.05, 3.63) is 138 Å². The van der Waals surface area contributed by atoms with Crippen LogP contribution in [0.25, 0.3) is 56.7 Å². The Morgan fingerprint density at radius 2 is 0.851 bits per heavy atom. The Bertz CT molecular complexity index is 3870. The number of imidazole rings is 2. The van der Waals surface area contributed by atoms with Crippen LogP contribution in [0, 0.1) is 5.41 Å². The molecule has 0 atom stereocenters. The van der Waals surface area contributed by atoms with Gasteiger partial charge in [0.2, 0.25) is 23.1 Å². The Balaban J connectivity index is 0.000000252. The molecule has 87 heavy (non-hydrogen) atoms. The van der Waals surface area contributed by atoms with Gasteiger partial charge in [-0.3, -0.25) is 9.13 Å². The summed E-state index contributed by atoms with van der Waals surface area (Å²) < 4.78 is 89.4. The largest absolute Gasteiger partial charge is 0.494 e. The number of aromatic nitrogens is 14. The van der Waals surface area contributed by atoms with Crippen LogP contribution >= 0.6 is 11.6 Å². The van der Waals surface area contributed by atoms with Crippen LogP contribution in [0.2, 0.25) is 5.02 Å². The predicted molar refractivity (Wildman–Crippen MR) is 333 cm³/mol. The molecule has 0 saturated heterocycles. The van der Waals surface area contributed by atoms with Crippen molar-refractivity contribution in [3.63, 3.8) is 0 Å². The summed E-state index contributed by atoms with van der Waals surface area (Å²) in [5, 5.41) is 17.1. The highest BCUT2D eigenvalue weighted by molar-refractivity contribution is 7.90. The molecular weight excluding hydrogens is 1180 g/mol. The summed E-state index contributed by atoms with van der Waals surface area (Å²) in [5.41, 5.74) is 10.4. The van der Waals surface area contributed by atoms with Crippen LogP contribution in [0.15, 0.2) is 110 Å². The first-order chi connectivity index (χ1) is 40.6. The number of nitrogens with zero attached hydrogens (tertiary/aromatic N) is 14. The first-order valence-corrected chi connectivity index (χ1v) is 30.2. The van der Waals surface area contributed by atoms with Gasteiger partial charge in [-0.15, -0.1) is 10.2 Å². The molecule has 10 rings (SSSR count). The summed E-state index contributed by atoms with van der Waals surface area (Å²) in [6, 6.07) is 24.6. The molecule has 8 aromatic heterocycles. The van der Waals surface area contributed by atoms with Crippen LogP contribution in [0.1, 0.15) is 79.4 Å². The molecule has 0 radical (unpaired) electrons. The third-order valence-electron chi connectivity index (χ3n) is 11.5. The van der Waals surface area contributed by atoms with Gasteiger partial charge in [0.1, 0.15) is 68.9 Å². The minimum absolute atomic E-state index is 0. The van der Waals surface area contributed by atoms with Gasteiger partial charge in [0.15, 0.2) is 31.3 Å². The molecule has 25 nitrogen and oxygen atoms in total. The average Bonchev–Trinajstić information content (AvgIpc) is 1.79. The van der Waals surface area contributed by atoms with Gasteiger partial charge in [0.25, 0.3) is 0 Å². The zero-order valence-electron chi connectivity index (χ0n) is 48.3. The minimum Gasteiger partial charge on any atom is -0.494 e. The predicted octanol–water partition coefficient (Wildman–Crippen LogP) is 9.96. The Morgan fingerprint density at radius 1 is 0.506 bits per heavy atom. The molecule has 0 spiro atoms. The maximum absolute atomic E-state index is 13.0. The van der Waals surface area contributed by atoms with Crippen molar-refractivity contribution in [1.29, 1.82) is 0 Å². The molecule has 2 N–H and O–H groups in total. The summed E-state index contributed by atoms with van der Waals surface area (Å²) in [6.45, 7) is 13.4. The van der Waals surface area contributed by atoms with Gasteiger partial charge < -0.3 is 34.2 Å². The molecule has 8 heterocycles. The van der Waals surface area contributed by atoms with Gasteiger partial charge in [-0.2, -0.15) is 10.2 Å². The number of hydrogen-bond acceptors (Lipinski definition) is 23. The molecular formula is C59H70ClN15O10S2. The van der Waals surface area contributed by atoms with Crippen molar-refractivity contribution >= 4 is 59.3 Å². The van der Waals surface area contributed by atoms with E-state index in [1.807, 2.05) is 13.8 Å². The van der Waals surface area contributed by atoms with Crippen molar-refractivity contribution in [1.82, 2.24) is 69.4 Å². The fourth-order valence-corrected chi connectivity index (χ4v) is 10.8. The average molecular weight is 1250 g/mol. The molecule has 0 saturated carbocycles. The summed E-state index contributed by atoms with van der Waals surface area (Å²) in [5.74, 6) is 2.33. The van der Waals surface area contributed by atoms with Gasteiger partial charge in [0, 0.05) is 24.5 Å². The molecule has 0 aliphatic rings. The Labute approximate surface area is 510 Å². The maximum atomic E-state index is 13.0. The lowest BCUT2D eigenvalue weighted by molar-refractivity contribution is 0.327. The number of rotatable bonds is 20. The third kappa shape index (κ3) is 17.0. The zero-order chi connectivity index (χ0) is 61.1. The molecule has 0 aliphatic carbocycles. The number of hydrogen-bond donors (Lipinski definition) is 1. The number of benzene rings is 2. The number of nitrogens with two attached hydrogens (primary N) is 1. The van der Waals surface area contributed by atoms with Crippen molar-refractivity contribution in [3.8, 4) is 69.2 Å². The number of sulfone groups is 2. The van der Waals surface area contributed by atoms with E-state index < -0.39 is 31.2 Å². The van der Waals surface area contributed by atoms with E-state index in [9.17, 15) is 16.8 Å². The topological polar surface area (TPSA) is 314 Å². The minimum atomic E-state index is -3.71. The number of ether oxygens (including phenoxy) is 6. The van der Waals surface area contributed by atoms with E-state index in [2.05, 4.69) is 78.0 Å². The summed E-state index contributed by atoms with van der Waals surface area (Å²) in [4.78, 5) is 34.6. The van der Waals surface area contributed by atoms with Crippen LogP contribution in [-0.2, 0) is 42.7 Å². The lowest BCUT2D eigenvalue weighted by Crippen LogP contribution is -2.12. The van der Waals surface area contributed by atoms with E-state index in [4.69, 9.17) is 55.7 Å². The Morgan fingerprint density at radius 3 is 1.20 bits per heavy atom. The van der Waals surface area contributed by atoms with E-state index in [1.54, 1.807) is 123 Å². The fourth-order valence-electron chi connectivity index (χ4n) is 8.22. The number of anilines is 1. The molecule has 460 valence electrons. The van der Waals surface area contributed by atoms with Crippen LogP contribution < -0.4 is 34.2 Å². The first-order valence-electron chi connectivity index (χ1n) is 26.2. The van der Waals surface area contributed by atoms with E-state index in [1.165, 1.54) is 24.8 Å². The maximum Gasteiger partial charge on any atom is 0.213 e. The molecule has 0 unspecified atom stereocenters. The van der Waals surface area contributed by atoms with Gasteiger partial charge >= 0.3 is 0 Å². The van der Waals surface area contributed by atoms with Crippen LogP contribution in [-0.4, -0.2) is 128 Å². The van der Waals surface area contributed by atoms with Gasteiger partial charge in [-0.1, -0.05) is 78.4 Å². The molecule has 0 fully saturated rings. The Hall–Kier alpha value is -9.21. The van der Waals surface area contributed by atoms with Gasteiger partial charge in [0.05, 0.1) is 98.7 Å². The highest BCUT2D eigenvalue weighted by Gasteiger charge is 2.27. The SMILES string of the molecule is C.C.CC(C)(C)C.CCOc1cccc(-c2nc3nnc(CS(=O)(=O)Cc4ncc(Cl)cn4)cc3n2-c2c(OC)cccc2OC)n1.CCOc1cccc(-c2nc3nnc(CS(=O)(=O)Cc4ncc(N)cn4)cc3n2-c2c(OC)cccc2OC)n1. The van der Waals surface area contributed by atoms with E-state index in [-0.39, 0.29) is 60.7 Å². The van der Waals surface area contributed by atoms with Crippen molar-refractivity contribution in [2.75, 3.05) is 47.4 Å². The van der Waals surface area contributed by atoms with Crippen LogP contribution in [0.5, 0.6) is 34.8 Å². The van der Waals surface area contributed by atoms with Crippen LogP contribution in [0.4, 0.5) is 5.69 Å². The molecule has 0 bridgehead atoms.